The molecule has 13 heteroatoms. The van der Waals surface area contributed by atoms with Gasteiger partial charge in [0.25, 0.3) is 5.56 Å². The Hall–Kier alpha value is -2.76. The first-order valence-electron chi connectivity index (χ1n) is 12.1. The highest BCUT2D eigenvalue weighted by Crippen LogP contribution is 2.45. The molecule has 1 aliphatic heterocycles. The fourth-order valence-electron chi connectivity index (χ4n) is 3.37. The zero-order valence-corrected chi connectivity index (χ0v) is 22.4. The van der Waals surface area contributed by atoms with Crippen molar-refractivity contribution in [2.75, 3.05) is 13.2 Å². The average molecular weight is 540 g/mol. The van der Waals surface area contributed by atoms with Gasteiger partial charge in [-0.15, -0.1) is 0 Å². The summed E-state index contributed by atoms with van der Waals surface area (Å²) in [6.07, 6.45) is 0.0646. The number of benzene rings is 1. The number of aryl methyl sites for hydroxylation is 1. The number of H-pyrrole nitrogens is 1. The van der Waals surface area contributed by atoms with Gasteiger partial charge >= 0.3 is 19.4 Å². The van der Waals surface area contributed by atoms with Crippen molar-refractivity contribution in [3.05, 3.63) is 62.9 Å². The summed E-state index contributed by atoms with van der Waals surface area (Å²) in [4.78, 5) is 38.6. The van der Waals surface area contributed by atoms with Gasteiger partial charge in [-0.2, -0.15) is 5.09 Å². The van der Waals surface area contributed by atoms with Crippen LogP contribution in [0.15, 0.2) is 46.1 Å². The molecule has 1 aliphatic rings. The average Bonchev–Trinajstić information content (AvgIpc) is 3.33. The molecule has 1 aromatic heterocycles. The zero-order chi connectivity index (χ0) is 27.2. The summed E-state index contributed by atoms with van der Waals surface area (Å²) in [6, 6.07) is 7.33. The van der Waals surface area contributed by atoms with Crippen molar-refractivity contribution in [1.29, 1.82) is 0 Å². The van der Waals surface area contributed by atoms with E-state index in [4.69, 9.17) is 23.3 Å². The predicted molar refractivity (Wildman–Crippen MR) is 134 cm³/mol. The number of hydrogen-bond donors (Lipinski definition) is 2. The van der Waals surface area contributed by atoms with Gasteiger partial charge in [0.2, 0.25) is 0 Å². The van der Waals surface area contributed by atoms with Crippen LogP contribution in [0.25, 0.3) is 0 Å². The molecule has 0 aliphatic carbocycles. The summed E-state index contributed by atoms with van der Waals surface area (Å²) in [5.74, 6) is -0.189. The molecule has 0 saturated carbocycles. The summed E-state index contributed by atoms with van der Waals surface area (Å²) in [6.45, 7) is 8.49. The van der Waals surface area contributed by atoms with E-state index in [-0.39, 0.29) is 31.0 Å². The lowest BCUT2D eigenvalue weighted by Crippen LogP contribution is -2.38. The molecule has 2 N–H and O–H groups in total. The van der Waals surface area contributed by atoms with Crippen LogP contribution in [-0.2, 0) is 28.1 Å². The van der Waals surface area contributed by atoms with E-state index in [1.54, 1.807) is 44.2 Å². The van der Waals surface area contributed by atoms with Crippen molar-refractivity contribution >= 4 is 13.7 Å². The Morgan fingerprint density at radius 1 is 1.24 bits per heavy atom. The molecule has 1 fully saturated rings. The molecular weight excluding hydrogens is 505 g/mol. The number of hydrogen-bond acceptors (Lipinski definition) is 9. The number of carbonyl (C=O) groups is 1. The first kappa shape index (κ1) is 28.8. The molecule has 1 saturated heterocycles. The largest absolute Gasteiger partial charge is 0.461 e. The molecule has 3 rings (SSSR count). The molecule has 1 aromatic carbocycles. The molecule has 2 heterocycles. The number of aromatic nitrogens is 2. The topological polar surface area (TPSA) is 147 Å². The molecule has 6 atom stereocenters. The third-order valence-electron chi connectivity index (χ3n) is 5.99. The molecule has 0 bridgehead atoms. The maximum atomic E-state index is 13.6. The van der Waals surface area contributed by atoms with Gasteiger partial charge in [0.15, 0.2) is 12.5 Å². The van der Waals surface area contributed by atoms with E-state index < -0.39 is 43.5 Å². The molecule has 12 nitrogen and oxygen atoms in total. The Morgan fingerprint density at radius 2 is 1.95 bits per heavy atom. The molecular formula is C24H34N3O9P. The second kappa shape index (κ2) is 12.7. The van der Waals surface area contributed by atoms with E-state index in [0.29, 0.717) is 5.56 Å². The van der Waals surface area contributed by atoms with Crippen molar-refractivity contribution in [3.63, 3.8) is 0 Å². The van der Waals surface area contributed by atoms with Crippen molar-refractivity contribution in [2.24, 2.45) is 5.92 Å². The Bertz CT molecular complexity index is 1220. The third kappa shape index (κ3) is 7.86. The summed E-state index contributed by atoms with van der Waals surface area (Å²) < 4.78 is 42.8. The van der Waals surface area contributed by atoms with E-state index in [9.17, 15) is 18.9 Å². The molecule has 204 valence electrons. The van der Waals surface area contributed by atoms with Crippen LogP contribution in [0, 0.1) is 12.8 Å². The highest BCUT2D eigenvalue weighted by Gasteiger charge is 2.36. The van der Waals surface area contributed by atoms with Crippen LogP contribution in [0.5, 0.6) is 5.75 Å². The van der Waals surface area contributed by atoms with Crippen molar-refractivity contribution < 1.29 is 32.6 Å². The fourth-order valence-corrected chi connectivity index (χ4v) is 4.85. The van der Waals surface area contributed by atoms with Crippen LogP contribution < -0.4 is 20.9 Å². The first-order chi connectivity index (χ1) is 17.5. The number of aromatic amines is 1. The molecule has 4 unspecified atom stereocenters. The Morgan fingerprint density at radius 3 is 2.62 bits per heavy atom. The lowest BCUT2D eigenvalue weighted by Gasteiger charge is -2.25. The minimum atomic E-state index is -4.12. The molecule has 0 spiro atoms. The van der Waals surface area contributed by atoms with Gasteiger partial charge in [0.05, 0.1) is 6.61 Å². The second-order valence-electron chi connectivity index (χ2n) is 8.91. The van der Waals surface area contributed by atoms with Crippen LogP contribution in [-0.4, -0.2) is 47.2 Å². The highest BCUT2D eigenvalue weighted by molar-refractivity contribution is 7.52. The number of ether oxygens (including phenoxy) is 3. The normalized spacial score (nSPS) is 21.5. The monoisotopic (exact) mass is 539 g/mol. The number of nitrogens with zero attached hydrogens (tertiary/aromatic N) is 1. The van der Waals surface area contributed by atoms with Gasteiger partial charge < -0.3 is 18.7 Å². The number of carbonyl (C=O) groups excluding carboxylic acids is 1. The number of rotatable bonds is 12. The van der Waals surface area contributed by atoms with E-state index >= 15 is 0 Å². The van der Waals surface area contributed by atoms with Gasteiger partial charge in [0, 0.05) is 11.8 Å². The second-order valence-corrected chi connectivity index (χ2v) is 10.6. The van der Waals surface area contributed by atoms with Crippen LogP contribution >= 0.6 is 7.75 Å². The minimum absolute atomic E-state index is 0.00702. The van der Waals surface area contributed by atoms with E-state index in [2.05, 4.69) is 10.1 Å². The van der Waals surface area contributed by atoms with Crippen LogP contribution in [0.3, 0.4) is 0 Å². The SMILES string of the molecule is CCC(C)C(C)OC(=O)C(C)NP(=O)(OC[C@@H]1OC[C@H](n2cc(C)c(=O)[nH]c2=O)O1)Oc1ccccc1. The third-order valence-corrected chi connectivity index (χ3v) is 7.64. The van der Waals surface area contributed by atoms with Gasteiger partial charge in [-0.3, -0.25) is 23.7 Å². The van der Waals surface area contributed by atoms with Crippen LogP contribution in [0.2, 0.25) is 0 Å². The van der Waals surface area contributed by atoms with Gasteiger partial charge in [0.1, 0.15) is 24.5 Å². The first-order valence-corrected chi connectivity index (χ1v) is 13.6. The van der Waals surface area contributed by atoms with E-state index in [1.807, 2.05) is 13.8 Å². The maximum absolute atomic E-state index is 13.6. The van der Waals surface area contributed by atoms with Crippen molar-refractivity contribution in [2.45, 2.75) is 65.7 Å². The lowest BCUT2D eigenvalue weighted by molar-refractivity contribution is -0.152. The molecule has 2 aromatic rings. The summed E-state index contributed by atoms with van der Waals surface area (Å²) in [7, 11) is -4.12. The predicted octanol–water partition coefficient (Wildman–Crippen LogP) is 2.88. The summed E-state index contributed by atoms with van der Waals surface area (Å²) in [5.41, 5.74) is -0.808. The van der Waals surface area contributed by atoms with Gasteiger partial charge in [-0.25, -0.2) is 9.36 Å². The Balaban J connectivity index is 1.68. The quantitative estimate of drug-likeness (QED) is 0.305. The van der Waals surface area contributed by atoms with Gasteiger partial charge in [-0.1, -0.05) is 38.5 Å². The molecule has 0 amide bonds. The minimum Gasteiger partial charge on any atom is -0.461 e. The Kier molecular flexibility index (Phi) is 9.86. The fraction of sp³-hybridized carbons (Fsp3) is 0.542. The van der Waals surface area contributed by atoms with Gasteiger partial charge in [-0.05, 0) is 38.8 Å². The highest BCUT2D eigenvalue weighted by atomic mass is 31.2. The van der Waals surface area contributed by atoms with E-state index in [0.717, 1.165) is 6.42 Å². The van der Waals surface area contributed by atoms with Crippen LogP contribution in [0.1, 0.15) is 45.9 Å². The van der Waals surface area contributed by atoms with E-state index in [1.165, 1.54) is 17.7 Å². The lowest BCUT2D eigenvalue weighted by atomic mass is 10.0. The standard InChI is InChI=1S/C24H34N3O9P/c1-6-15(2)18(5)34-23(29)17(4)26-37(31,36-19-10-8-7-9-11-19)33-14-21-32-13-20(35-21)27-12-16(3)22(28)25-24(27)30/h7-12,15,17-18,20-21H,6,13-14H2,1-5H3,(H,26,31)(H,25,28,30)/t15?,17?,18?,20-,21-,37?/m1/s1. The summed E-state index contributed by atoms with van der Waals surface area (Å²) in [5, 5.41) is 2.62. The van der Waals surface area contributed by atoms with Crippen molar-refractivity contribution in [1.82, 2.24) is 14.6 Å². The zero-order valence-electron chi connectivity index (χ0n) is 21.5. The Labute approximate surface area is 214 Å². The number of esters is 1. The number of para-hydroxylation sites is 1. The van der Waals surface area contributed by atoms with Crippen LogP contribution in [0.4, 0.5) is 0 Å². The maximum Gasteiger partial charge on any atom is 0.459 e. The number of nitrogens with one attached hydrogen (secondary N) is 2. The smallest absolute Gasteiger partial charge is 0.459 e. The van der Waals surface area contributed by atoms with Crippen molar-refractivity contribution in [3.8, 4) is 5.75 Å². The summed E-state index contributed by atoms with van der Waals surface area (Å²) >= 11 is 0. The molecule has 0 radical (unpaired) electrons. The molecule has 37 heavy (non-hydrogen) atoms.